The van der Waals surface area contributed by atoms with Gasteiger partial charge in [-0.2, -0.15) is 0 Å². The van der Waals surface area contributed by atoms with Crippen molar-refractivity contribution >= 4 is 38.3 Å². The van der Waals surface area contributed by atoms with E-state index < -0.39 is 10.0 Å². The van der Waals surface area contributed by atoms with Crippen molar-refractivity contribution in [2.24, 2.45) is 0 Å². The van der Waals surface area contributed by atoms with Gasteiger partial charge in [0.15, 0.2) is 4.32 Å². The van der Waals surface area contributed by atoms with Gasteiger partial charge in [0.05, 0.1) is 10.9 Å². The van der Waals surface area contributed by atoms with Gasteiger partial charge in [0, 0.05) is 5.25 Å². The fourth-order valence-corrected chi connectivity index (χ4v) is 6.74. The molecule has 102 valence electrons. The Hall–Kier alpha value is -0.590. The zero-order valence-corrected chi connectivity index (χ0v) is 13.0. The highest BCUT2D eigenvalue weighted by atomic mass is 32.2. The van der Waals surface area contributed by atoms with Crippen LogP contribution in [0.3, 0.4) is 0 Å². The topological polar surface area (TPSA) is 37.4 Å². The van der Waals surface area contributed by atoms with Crippen molar-refractivity contribution in [3.8, 4) is 0 Å². The van der Waals surface area contributed by atoms with E-state index in [1.54, 1.807) is 23.9 Å². The highest BCUT2D eigenvalue weighted by molar-refractivity contribution is 8.24. The van der Waals surface area contributed by atoms with Crippen LogP contribution in [0.4, 0.5) is 0 Å². The van der Waals surface area contributed by atoms with Crippen LogP contribution in [0, 0.1) is 6.92 Å². The maximum atomic E-state index is 12.7. The Kier molecular flexibility index (Phi) is 3.35. The number of sulfonamides is 1. The summed E-state index contributed by atoms with van der Waals surface area (Å²) in [5.41, 5.74) is 1.05. The lowest BCUT2D eigenvalue weighted by molar-refractivity contribution is 0.455. The third kappa shape index (κ3) is 2.19. The molecule has 1 saturated heterocycles. The molecule has 0 N–H and O–H groups in total. The molecule has 0 bridgehead atoms. The van der Waals surface area contributed by atoms with Gasteiger partial charge >= 0.3 is 0 Å². The highest BCUT2D eigenvalue weighted by Gasteiger charge is 2.47. The van der Waals surface area contributed by atoms with E-state index in [9.17, 15) is 8.42 Å². The monoisotopic (exact) mass is 313 g/mol. The molecule has 1 aromatic carbocycles. The number of hydrogen-bond donors (Lipinski definition) is 0. The molecule has 1 aliphatic heterocycles. The van der Waals surface area contributed by atoms with Crippen molar-refractivity contribution in [1.29, 1.82) is 0 Å². The van der Waals surface area contributed by atoms with Crippen molar-refractivity contribution in [2.45, 2.75) is 42.4 Å². The standard InChI is InChI=1S/C13H15NO2S3/c1-9-5-7-10(8-6-9)19(15,16)14-11-3-2-4-12(11)18-13(14)17/h5-8,11-12H,2-4H2,1H3/t11-,12-/m1/s1. The number of rotatable bonds is 2. The zero-order valence-electron chi connectivity index (χ0n) is 10.6. The van der Waals surface area contributed by atoms with Gasteiger partial charge in [0.25, 0.3) is 10.0 Å². The van der Waals surface area contributed by atoms with Crippen LogP contribution in [0.2, 0.25) is 0 Å². The van der Waals surface area contributed by atoms with E-state index in [0.717, 1.165) is 24.8 Å². The van der Waals surface area contributed by atoms with E-state index in [1.807, 2.05) is 19.1 Å². The number of hydrogen-bond acceptors (Lipinski definition) is 4. The first-order valence-corrected chi connectivity index (χ1v) is 9.04. The Labute approximate surface area is 123 Å². The molecule has 1 aromatic rings. The molecule has 1 aliphatic carbocycles. The van der Waals surface area contributed by atoms with Gasteiger partial charge in [0.2, 0.25) is 0 Å². The van der Waals surface area contributed by atoms with Gasteiger partial charge < -0.3 is 0 Å². The molecule has 6 heteroatoms. The zero-order chi connectivity index (χ0) is 13.6. The fourth-order valence-electron chi connectivity index (χ4n) is 2.73. The van der Waals surface area contributed by atoms with Crippen molar-refractivity contribution in [2.75, 3.05) is 0 Å². The van der Waals surface area contributed by atoms with Crippen molar-refractivity contribution in [1.82, 2.24) is 4.31 Å². The van der Waals surface area contributed by atoms with E-state index in [-0.39, 0.29) is 6.04 Å². The second-order valence-corrected chi connectivity index (χ2v) is 8.72. The van der Waals surface area contributed by atoms with Crippen molar-refractivity contribution in [3.05, 3.63) is 29.8 Å². The summed E-state index contributed by atoms with van der Waals surface area (Å²) in [6, 6.07) is 7.04. The smallest absolute Gasteiger partial charge is 0.246 e. The van der Waals surface area contributed by atoms with Gasteiger partial charge in [-0.3, -0.25) is 0 Å². The predicted molar refractivity (Wildman–Crippen MR) is 81.8 cm³/mol. The summed E-state index contributed by atoms with van der Waals surface area (Å²) in [6.07, 6.45) is 3.07. The molecular weight excluding hydrogens is 298 g/mol. The number of benzene rings is 1. The minimum Gasteiger partial charge on any atom is -0.246 e. The third-order valence-electron chi connectivity index (χ3n) is 3.73. The molecule has 3 nitrogen and oxygen atoms in total. The molecule has 0 radical (unpaired) electrons. The lowest BCUT2D eigenvalue weighted by Gasteiger charge is -2.24. The van der Waals surface area contributed by atoms with Crippen LogP contribution in [0.1, 0.15) is 24.8 Å². The molecule has 3 rings (SSSR count). The highest BCUT2D eigenvalue weighted by Crippen LogP contribution is 2.44. The molecule has 1 heterocycles. The number of nitrogens with zero attached hydrogens (tertiary/aromatic N) is 1. The average molecular weight is 313 g/mol. The molecule has 0 amide bonds. The first-order valence-electron chi connectivity index (χ1n) is 6.32. The molecule has 0 unspecified atom stereocenters. The third-order valence-corrected chi connectivity index (χ3v) is 7.54. The van der Waals surface area contributed by atoms with E-state index in [1.165, 1.54) is 4.31 Å². The Morgan fingerprint density at radius 3 is 2.63 bits per heavy atom. The molecule has 19 heavy (non-hydrogen) atoms. The summed E-state index contributed by atoms with van der Waals surface area (Å²) >= 11 is 6.83. The van der Waals surface area contributed by atoms with Gasteiger partial charge in [-0.1, -0.05) is 48.1 Å². The lowest BCUT2D eigenvalue weighted by atomic mass is 10.2. The normalized spacial score (nSPS) is 26.8. The Morgan fingerprint density at radius 2 is 1.95 bits per heavy atom. The number of thiocarbonyl (C=S) groups is 1. The minimum atomic E-state index is -3.49. The van der Waals surface area contributed by atoms with E-state index in [2.05, 4.69) is 0 Å². The summed E-state index contributed by atoms with van der Waals surface area (Å²) < 4.78 is 27.4. The Balaban J connectivity index is 2.00. The second-order valence-electron chi connectivity index (χ2n) is 5.03. The van der Waals surface area contributed by atoms with Gasteiger partial charge in [-0.25, -0.2) is 12.7 Å². The summed E-state index contributed by atoms with van der Waals surface area (Å²) in [7, 11) is -3.49. The molecular formula is C13H15NO2S3. The summed E-state index contributed by atoms with van der Waals surface area (Å²) in [4.78, 5) is 0.341. The van der Waals surface area contributed by atoms with E-state index in [0.29, 0.717) is 14.5 Å². The Morgan fingerprint density at radius 1 is 1.26 bits per heavy atom. The predicted octanol–water partition coefficient (Wildman–Crippen LogP) is 2.94. The summed E-state index contributed by atoms with van der Waals surface area (Å²) in [5, 5.41) is 0.354. The Bertz CT molecular complexity index is 609. The molecule has 0 aromatic heterocycles. The van der Waals surface area contributed by atoms with Crippen LogP contribution in [0.25, 0.3) is 0 Å². The number of thioether (sulfide) groups is 1. The maximum Gasteiger partial charge on any atom is 0.265 e. The van der Waals surface area contributed by atoms with Crippen LogP contribution in [0.5, 0.6) is 0 Å². The fraction of sp³-hybridized carbons (Fsp3) is 0.462. The molecule has 1 saturated carbocycles. The number of fused-ring (bicyclic) bond motifs is 1. The van der Waals surface area contributed by atoms with Crippen LogP contribution >= 0.6 is 24.0 Å². The molecule has 2 fully saturated rings. The second kappa shape index (κ2) is 4.75. The van der Waals surface area contributed by atoms with E-state index >= 15 is 0 Å². The minimum absolute atomic E-state index is 0.0591. The summed E-state index contributed by atoms with van der Waals surface area (Å²) in [5.74, 6) is 0. The molecule has 0 spiro atoms. The average Bonchev–Trinajstić information content (AvgIpc) is 2.88. The van der Waals surface area contributed by atoms with Gasteiger partial charge in [-0.15, -0.1) is 0 Å². The lowest BCUT2D eigenvalue weighted by Crippen LogP contribution is -2.38. The first-order chi connectivity index (χ1) is 9.00. The van der Waals surface area contributed by atoms with Crippen molar-refractivity contribution < 1.29 is 8.42 Å². The summed E-state index contributed by atoms with van der Waals surface area (Å²) in [6.45, 7) is 1.94. The molecule has 2 atom stereocenters. The van der Waals surface area contributed by atoms with Crippen LogP contribution in [0.15, 0.2) is 29.2 Å². The van der Waals surface area contributed by atoms with Crippen LogP contribution in [-0.2, 0) is 10.0 Å². The largest absolute Gasteiger partial charge is 0.265 e. The first kappa shape index (κ1) is 13.4. The SMILES string of the molecule is Cc1ccc(S(=O)(=O)N2C(=S)S[C@@H]3CCC[C@H]32)cc1. The number of aryl methyl sites for hydroxylation is 1. The van der Waals surface area contributed by atoms with E-state index in [4.69, 9.17) is 12.2 Å². The maximum absolute atomic E-state index is 12.7. The quantitative estimate of drug-likeness (QED) is 0.787. The van der Waals surface area contributed by atoms with Gasteiger partial charge in [-0.05, 0) is 31.9 Å². The van der Waals surface area contributed by atoms with Crippen LogP contribution in [-0.4, -0.2) is 28.3 Å². The van der Waals surface area contributed by atoms with Gasteiger partial charge in [0.1, 0.15) is 0 Å². The van der Waals surface area contributed by atoms with Crippen LogP contribution < -0.4 is 0 Å². The van der Waals surface area contributed by atoms with Crippen molar-refractivity contribution in [3.63, 3.8) is 0 Å². The molecule has 2 aliphatic rings.